The molecule has 0 saturated heterocycles. The molecule has 0 fully saturated rings. The van der Waals surface area contributed by atoms with E-state index in [9.17, 15) is 13.2 Å². The molecule has 0 bridgehead atoms. The van der Waals surface area contributed by atoms with Gasteiger partial charge in [-0.1, -0.05) is 18.2 Å². The van der Waals surface area contributed by atoms with Gasteiger partial charge in [-0.15, -0.1) is 0 Å². The minimum Gasteiger partial charge on any atom is -0.289 e. The van der Waals surface area contributed by atoms with Crippen molar-refractivity contribution < 1.29 is 13.2 Å². The first-order valence-electron chi connectivity index (χ1n) is 7.26. The summed E-state index contributed by atoms with van der Waals surface area (Å²) in [6, 6.07) is 15.2. The second-order valence-corrected chi connectivity index (χ2v) is 7.03. The number of allylic oxidation sites excluding steroid dienone is 1. The SMILES string of the molecule is CCS(=O)(=O)Nc1ccc(C(=O)C=Cc2cccc(C#N)c2)cc1. The van der Waals surface area contributed by atoms with E-state index in [-0.39, 0.29) is 11.5 Å². The van der Waals surface area contributed by atoms with Crippen LogP contribution in [0.4, 0.5) is 5.69 Å². The Kier molecular flexibility index (Phi) is 5.51. The van der Waals surface area contributed by atoms with Crippen LogP contribution in [0.3, 0.4) is 0 Å². The molecule has 0 unspecified atom stereocenters. The highest BCUT2D eigenvalue weighted by Gasteiger charge is 2.07. The molecule has 0 saturated carbocycles. The van der Waals surface area contributed by atoms with Gasteiger partial charge in [0, 0.05) is 11.3 Å². The summed E-state index contributed by atoms with van der Waals surface area (Å²) in [4.78, 5) is 12.1. The number of rotatable bonds is 6. The molecular weight excluding hydrogens is 324 g/mol. The smallest absolute Gasteiger partial charge is 0.232 e. The van der Waals surface area contributed by atoms with Crippen LogP contribution in [0.2, 0.25) is 0 Å². The molecule has 2 rings (SSSR count). The zero-order chi connectivity index (χ0) is 17.6. The van der Waals surface area contributed by atoms with E-state index in [0.29, 0.717) is 16.8 Å². The third kappa shape index (κ3) is 4.80. The van der Waals surface area contributed by atoms with Crippen LogP contribution in [0, 0.1) is 11.3 Å². The quantitative estimate of drug-likeness (QED) is 0.646. The summed E-state index contributed by atoms with van der Waals surface area (Å²) in [6.45, 7) is 1.55. The number of carbonyl (C=O) groups excluding carboxylic acids is 1. The number of benzene rings is 2. The molecule has 0 aromatic heterocycles. The van der Waals surface area contributed by atoms with E-state index in [0.717, 1.165) is 5.56 Å². The number of anilines is 1. The topological polar surface area (TPSA) is 87.0 Å². The molecule has 0 amide bonds. The maximum atomic E-state index is 12.1. The Labute approximate surface area is 141 Å². The van der Waals surface area contributed by atoms with Gasteiger partial charge in [0.25, 0.3) is 0 Å². The number of hydrogen-bond donors (Lipinski definition) is 1. The van der Waals surface area contributed by atoms with Crippen molar-refractivity contribution in [3.8, 4) is 6.07 Å². The van der Waals surface area contributed by atoms with Gasteiger partial charge >= 0.3 is 0 Å². The van der Waals surface area contributed by atoms with E-state index < -0.39 is 10.0 Å². The van der Waals surface area contributed by atoms with Crippen molar-refractivity contribution in [2.24, 2.45) is 0 Å². The highest BCUT2D eigenvalue weighted by Crippen LogP contribution is 2.13. The van der Waals surface area contributed by atoms with Crippen LogP contribution in [0.1, 0.15) is 28.4 Å². The average Bonchev–Trinajstić information content (AvgIpc) is 2.60. The summed E-state index contributed by atoms with van der Waals surface area (Å²) in [5, 5.41) is 8.85. The van der Waals surface area contributed by atoms with Crippen LogP contribution >= 0.6 is 0 Å². The first kappa shape index (κ1) is 17.4. The lowest BCUT2D eigenvalue weighted by molar-refractivity contribution is 0.104. The Morgan fingerprint density at radius 2 is 1.92 bits per heavy atom. The van der Waals surface area contributed by atoms with E-state index in [1.807, 2.05) is 6.07 Å². The van der Waals surface area contributed by atoms with Gasteiger partial charge in [0.2, 0.25) is 10.0 Å². The first-order chi connectivity index (χ1) is 11.4. The maximum Gasteiger partial charge on any atom is 0.232 e. The maximum absolute atomic E-state index is 12.1. The third-order valence-corrected chi connectivity index (χ3v) is 4.57. The summed E-state index contributed by atoms with van der Waals surface area (Å²) in [6.07, 6.45) is 3.05. The Morgan fingerprint density at radius 3 is 2.54 bits per heavy atom. The van der Waals surface area contributed by atoms with E-state index in [2.05, 4.69) is 4.72 Å². The second kappa shape index (κ2) is 7.57. The Hall–Kier alpha value is -2.91. The normalized spacial score (nSPS) is 11.2. The van der Waals surface area contributed by atoms with Crippen molar-refractivity contribution in [2.45, 2.75) is 6.92 Å². The average molecular weight is 340 g/mol. The van der Waals surface area contributed by atoms with E-state index in [4.69, 9.17) is 5.26 Å². The van der Waals surface area contributed by atoms with Crippen molar-refractivity contribution in [3.05, 3.63) is 71.3 Å². The molecule has 0 aliphatic heterocycles. The molecule has 2 aromatic carbocycles. The van der Waals surface area contributed by atoms with Crippen LogP contribution < -0.4 is 4.72 Å². The van der Waals surface area contributed by atoms with E-state index in [1.165, 1.54) is 6.08 Å². The first-order valence-corrected chi connectivity index (χ1v) is 8.92. The zero-order valence-corrected chi connectivity index (χ0v) is 13.9. The largest absolute Gasteiger partial charge is 0.289 e. The van der Waals surface area contributed by atoms with Crippen LogP contribution in [-0.2, 0) is 10.0 Å². The number of ketones is 1. The van der Waals surface area contributed by atoms with E-state index >= 15 is 0 Å². The number of sulfonamides is 1. The van der Waals surface area contributed by atoms with Crippen molar-refractivity contribution >= 4 is 27.6 Å². The number of hydrogen-bond acceptors (Lipinski definition) is 4. The molecule has 0 radical (unpaired) electrons. The van der Waals surface area contributed by atoms with Gasteiger partial charge < -0.3 is 0 Å². The molecular formula is C18H16N2O3S. The van der Waals surface area contributed by atoms with Crippen LogP contribution in [0.25, 0.3) is 6.08 Å². The molecule has 0 aliphatic rings. The molecule has 1 N–H and O–H groups in total. The summed E-state index contributed by atoms with van der Waals surface area (Å²) in [7, 11) is -3.33. The lowest BCUT2D eigenvalue weighted by Gasteiger charge is -2.06. The van der Waals surface area contributed by atoms with Gasteiger partial charge in [-0.05, 0) is 55.0 Å². The Balaban J connectivity index is 2.10. The molecule has 0 heterocycles. The molecule has 5 nitrogen and oxygen atoms in total. The fourth-order valence-corrected chi connectivity index (χ4v) is 2.57. The predicted octanol–water partition coefficient (Wildman–Crippen LogP) is 3.22. The number of nitriles is 1. The van der Waals surface area contributed by atoms with Crippen molar-refractivity contribution in [2.75, 3.05) is 10.5 Å². The van der Waals surface area contributed by atoms with Crippen LogP contribution in [0.5, 0.6) is 0 Å². The standard InChI is InChI=1S/C18H16N2O3S/c1-2-24(22,23)20-17-9-7-16(8-10-17)18(21)11-6-14-4-3-5-15(12-14)13-19/h3-12,20H,2H2,1H3. The Morgan fingerprint density at radius 1 is 1.21 bits per heavy atom. The van der Waals surface area contributed by atoms with Gasteiger partial charge in [0.15, 0.2) is 5.78 Å². The van der Waals surface area contributed by atoms with Crippen molar-refractivity contribution in [1.29, 1.82) is 5.26 Å². The number of nitrogens with zero attached hydrogens (tertiary/aromatic N) is 1. The third-order valence-electron chi connectivity index (χ3n) is 3.27. The highest BCUT2D eigenvalue weighted by molar-refractivity contribution is 7.92. The molecule has 2 aromatic rings. The van der Waals surface area contributed by atoms with E-state index in [1.54, 1.807) is 61.5 Å². The van der Waals surface area contributed by atoms with Gasteiger partial charge in [0.1, 0.15) is 0 Å². The lowest BCUT2D eigenvalue weighted by atomic mass is 10.1. The monoisotopic (exact) mass is 340 g/mol. The summed E-state index contributed by atoms with van der Waals surface area (Å²) < 4.78 is 25.4. The highest BCUT2D eigenvalue weighted by atomic mass is 32.2. The summed E-state index contributed by atoms with van der Waals surface area (Å²) in [5.74, 6) is -0.222. The van der Waals surface area contributed by atoms with Gasteiger partial charge in [-0.2, -0.15) is 5.26 Å². The van der Waals surface area contributed by atoms with Gasteiger partial charge in [-0.25, -0.2) is 8.42 Å². The molecule has 122 valence electrons. The minimum atomic E-state index is -3.33. The molecule has 0 aliphatic carbocycles. The van der Waals surface area contributed by atoms with Crippen molar-refractivity contribution in [1.82, 2.24) is 0 Å². The fourth-order valence-electron chi connectivity index (χ4n) is 1.93. The molecule has 0 spiro atoms. The zero-order valence-electron chi connectivity index (χ0n) is 13.1. The van der Waals surface area contributed by atoms with Crippen LogP contribution in [-0.4, -0.2) is 20.0 Å². The lowest BCUT2D eigenvalue weighted by Crippen LogP contribution is -2.14. The van der Waals surface area contributed by atoms with Crippen molar-refractivity contribution in [3.63, 3.8) is 0 Å². The minimum absolute atomic E-state index is 0.0157. The second-order valence-electron chi connectivity index (χ2n) is 5.02. The van der Waals surface area contributed by atoms with Crippen LogP contribution in [0.15, 0.2) is 54.6 Å². The fraction of sp³-hybridized carbons (Fsp3) is 0.111. The molecule has 0 atom stereocenters. The Bertz CT molecular complexity index is 908. The molecule has 6 heteroatoms. The molecule has 24 heavy (non-hydrogen) atoms. The van der Waals surface area contributed by atoms with Gasteiger partial charge in [-0.3, -0.25) is 9.52 Å². The summed E-state index contributed by atoms with van der Waals surface area (Å²) in [5.41, 5.74) is 2.15. The van der Waals surface area contributed by atoms with Gasteiger partial charge in [0.05, 0.1) is 17.4 Å². The predicted molar refractivity (Wildman–Crippen MR) is 94.0 cm³/mol. The number of nitrogens with one attached hydrogen (secondary N) is 1. The number of carbonyl (C=O) groups is 1. The summed E-state index contributed by atoms with van der Waals surface area (Å²) >= 11 is 0.